The molecular formula is C12H18N2O2. The van der Waals surface area contributed by atoms with Gasteiger partial charge in [-0.2, -0.15) is 0 Å². The number of hydrogen-bond donors (Lipinski definition) is 3. The zero-order valence-corrected chi connectivity index (χ0v) is 9.44. The lowest BCUT2D eigenvalue weighted by Gasteiger charge is -2.12. The van der Waals surface area contributed by atoms with Crippen molar-refractivity contribution in [2.45, 2.75) is 25.8 Å². The molecule has 0 radical (unpaired) electrons. The monoisotopic (exact) mass is 222 g/mol. The van der Waals surface area contributed by atoms with Crippen molar-refractivity contribution in [2.75, 3.05) is 6.54 Å². The molecule has 1 aromatic rings. The van der Waals surface area contributed by atoms with Crippen molar-refractivity contribution in [2.24, 2.45) is 5.73 Å². The third kappa shape index (κ3) is 3.90. The van der Waals surface area contributed by atoms with Gasteiger partial charge in [0.15, 0.2) is 0 Å². The molecular weight excluding hydrogens is 204 g/mol. The van der Waals surface area contributed by atoms with Crippen molar-refractivity contribution in [1.29, 1.82) is 0 Å². The van der Waals surface area contributed by atoms with E-state index in [1.807, 2.05) is 6.92 Å². The Kier molecular flexibility index (Phi) is 4.79. The first-order valence-electron chi connectivity index (χ1n) is 5.39. The summed E-state index contributed by atoms with van der Waals surface area (Å²) < 4.78 is 0. The van der Waals surface area contributed by atoms with Gasteiger partial charge in [0.2, 0.25) is 5.91 Å². The fourth-order valence-electron chi connectivity index (χ4n) is 1.48. The van der Waals surface area contributed by atoms with Crippen LogP contribution in [-0.2, 0) is 11.2 Å². The Morgan fingerprint density at radius 1 is 1.50 bits per heavy atom. The number of carbonyl (C=O) groups is 1. The van der Waals surface area contributed by atoms with E-state index in [1.54, 1.807) is 24.3 Å². The van der Waals surface area contributed by atoms with Crippen molar-refractivity contribution in [1.82, 2.24) is 5.32 Å². The van der Waals surface area contributed by atoms with Crippen molar-refractivity contribution in [3.8, 4) is 5.75 Å². The van der Waals surface area contributed by atoms with Crippen LogP contribution in [0, 0.1) is 0 Å². The highest BCUT2D eigenvalue weighted by atomic mass is 16.3. The molecule has 4 N–H and O–H groups in total. The number of hydrogen-bond acceptors (Lipinski definition) is 3. The fourth-order valence-corrected chi connectivity index (χ4v) is 1.48. The Morgan fingerprint density at radius 2 is 2.19 bits per heavy atom. The standard InChI is InChI=1S/C12H18N2O2/c1-9(6-7-13)14-12(16)8-10-4-2-3-5-11(10)15/h2-5,9,15H,6-8,13H2,1H3,(H,14,16). The van der Waals surface area contributed by atoms with Crippen molar-refractivity contribution in [3.05, 3.63) is 29.8 Å². The van der Waals surface area contributed by atoms with Gasteiger partial charge in [0.1, 0.15) is 5.75 Å². The third-order valence-corrected chi connectivity index (χ3v) is 2.35. The number of aromatic hydroxyl groups is 1. The minimum absolute atomic E-state index is 0.0726. The Bertz CT molecular complexity index is 353. The fraction of sp³-hybridized carbons (Fsp3) is 0.417. The summed E-state index contributed by atoms with van der Waals surface area (Å²) in [6.07, 6.45) is 0.952. The summed E-state index contributed by atoms with van der Waals surface area (Å²) in [6, 6.07) is 6.91. The summed E-state index contributed by atoms with van der Waals surface area (Å²) in [5, 5.41) is 12.3. The molecule has 0 bridgehead atoms. The summed E-state index contributed by atoms with van der Waals surface area (Å²) in [5.74, 6) is 0.0616. The number of benzene rings is 1. The summed E-state index contributed by atoms with van der Waals surface area (Å²) in [6.45, 7) is 2.47. The molecule has 0 fully saturated rings. The maximum atomic E-state index is 11.6. The van der Waals surface area contributed by atoms with Gasteiger partial charge in [0.25, 0.3) is 0 Å². The minimum Gasteiger partial charge on any atom is -0.508 e. The average molecular weight is 222 g/mol. The lowest BCUT2D eigenvalue weighted by molar-refractivity contribution is -0.121. The van der Waals surface area contributed by atoms with Gasteiger partial charge in [0, 0.05) is 11.6 Å². The van der Waals surface area contributed by atoms with E-state index in [9.17, 15) is 9.90 Å². The van der Waals surface area contributed by atoms with E-state index in [0.717, 1.165) is 6.42 Å². The largest absolute Gasteiger partial charge is 0.508 e. The molecule has 0 saturated heterocycles. The van der Waals surface area contributed by atoms with Crippen LogP contribution >= 0.6 is 0 Å². The van der Waals surface area contributed by atoms with Gasteiger partial charge in [-0.15, -0.1) is 0 Å². The van der Waals surface area contributed by atoms with Gasteiger partial charge in [-0.05, 0) is 26.0 Å². The predicted octanol–water partition coefficient (Wildman–Crippen LogP) is 0.788. The summed E-state index contributed by atoms with van der Waals surface area (Å²) in [5.41, 5.74) is 6.03. The van der Waals surface area contributed by atoms with Crippen LogP contribution in [0.4, 0.5) is 0 Å². The second kappa shape index (κ2) is 6.12. The van der Waals surface area contributed by atoms with Crippen LogP contribution in [0.2, 0.25) is 0 Å². The molecule has 0 aliphatic rings. The van der Waals surface area contributed by atoms with Crippen LogP contribution in [0.1, 0.15) is 18.9 Å². The first-order valence-corrected chi connectivity index (χ1v) is 5.39. The third-order valence-electron chi connectivity index (χ3n) is 2.35. The SMILES string of the molecule is CC(CCN)NC(=O)Cc1ccccc1O. The second-order valence-electron chi connectivity index (χ2n) is 3.85. The Morgan fingerprint density at radius 3 is 2.81 bits per heavy atom. The smallest absolute Gasteiger partial charge is 0.224 e. The number of para-hydroxylation sites is 1. The van der Waals surface area contributed by atoms with Gasteiger partial charge in [-0.3, -0.25) is 4.79 Å². The van der Waals surface area contributed by atoms with E-state index in [1.165, 1.54) is 0 Å². The summed E-state index contributed by atoms with van der Waals surface area (Å²) in [4.78, 5) is 11.6. The maximum absolute atomic E-state index is 11.6. The molecule has 1 rings (SSSR count). The number of amides is 1. The van der Waals surface area contributed by atoms with Crippen LogP contribution in [0.15, 0.2) is 24.3 Å². The molecule has 1 aromatic carbocycles. The number of nitrogens with two attached hydrogens (primary N) is 1. The highest BCUT2D eigenvalue weighted by Crippen LogP contribution is 2.15. The molecule has 88 valence electrons. The van der Waals surface area contributed by atoms with E-state index < -0.39 is 0 Å². The van der Waals surface area contributed by atoms with Crippen LogP contribution in [-0.4, -0.2) is 23.6 Å². The van der Waals surface area contributed by atoms with E-state index in [0.29, 0.717) is 12.1 Å². The van der Waals surface area contributed by atoms with Crippen molar-refractivity contribution in [3.63, 3.8) is 0 Å². The molecule has 0 spiro atoms. The van der Waals surface area contributed by atoms with E-state index in [4.69, 9.17) is 5.73 Å². The van der Waals surface area contributed by atoms with Gasteiger partial charge >= 0.3 is 0 Å². The zero-order chi connectivity index (χ0) is 12.0. The first kappa shape index (κ1) is 12.5. The molecule has 16 heavy (non-hydrogen) atoms. The normalized spacial score (nSPS) is 12.1. The maximum Gasteiger partial charge on any atom is 0.224 e. The molecule has 0 aromatic heterocycles. The summed E-state index contributed by atoms with van der Waals surface area (Å²) in [7, 11) is 0. The molecule has 0 aliphatic carbocycles. The Labute approximate surface area is 95.5 Å². The Hall–Kier alpha value is -1.55. The van der Waals surface area contributed by atoms with Crippen LogP contribution < -0.4 is 11.1 Å². The quantitative estimate of drug-likeness (QED) is 0.689. The van der Waals surface area contributed by atoms with E-state index in [-0.39, 0.29) is 24.1 Å². The molecule has 0 aliphatic heterocycles. The number of nitrogens with one attached hydrogen (secondary N) is 1. The first-order chi connectivity index (χ1) is 7.63. The van der Waals surface area contributed by atoms with Gasteiger partial charge < -0.3 is 16.2 Å². The molecule has 0 heterocycles. The van der Waals surface area contributed by atoms with Crippen molar-refractivity contribution < 1.29 is 9.90 Å². The van der Waals surface area contributed by atoms with Gasteiger partial charge in [-0.25, -0.2) is 0 Å². The molecule has 4 heteroatoms. The van der Waals surface area contributed by atoms with Crippen molar-refractivity contribution >= 4 is 5.91 Å². The topological polar surface area (TPSA) is 75.3 Å². The Balaban J connectivity index is 2.49. The van der Waals surface area contributed by atoms with E-state index >= 15 is 0 Å². The van der Waals surface area contributed by atoms with Crippen LogP contribution in [0.3, 0.4) is 0 Å². The molecule has 1 atom stereocenters. The van der Waals surface area contributed by atoms with Crippen LogP contribution in [0.5, 0.6) is 5.75 Å². The zero-order valence-electron chi connectivity index (χ0n) is 9.44. The highest BCUT2D eigenvalue weighted by Gasteiger charge is 2.09. The molecule has 4 nitrogen and oxygen atoms in total. The van der Waals surface area contributed by atoms with E-state index in [2.05, 4.69) is 5.32 Å². The number of rotatable bonds is 5. The lowest BCUT2D eigenvalue weighted by Crippen LogP contribution is -2.35. The second-order valence-corrected chi connectivity index (χ2v) is 3.85. The number of carbonyl (C=O) groups excluding carboxylic acids is 1. The number of phenols is 1. The predicted molar refractivity (Wildman–Crippen MR) is 63.1 cm³/mol. The average Bonchev–Trinajstić information content (AvgIpc) is 2.21. The number of phenolic OH excluding ortho intramolecular Hbond substituents is 1. The highest BCUT2D eigenvalue weighted by molar-refractivity contribution is 5.79. The minimum atomic E-state index is -0.0950. The van der Waals surface area contributed by atoms with Gasteiger partial charge in [0.05, 0.1) is 6.42 Å². The summed E-state index contributed by atoms with van der Waals surface area (Å²) >= 11 is 0. The molecule has 1 unspecified atom stereocenters. The molecule has 0 saturated carbocycles. The molecule has 1 amide bonds. The van der Waals surface area contributed by atoms with Crippen LogP contribution in [0.25, 0.3) is 0 Å². The van der Waals surface area contributed by atoms with Gasteiger partial charge in [-0.1, -0.05) is 18.2 Å². The lowest BCUT2D eigenvalue weighted by atomic mass is 10.1.